The number of hydrogen-bond acceptors (Lipinski definition) is 4. The van der Waals surface area contributed by atoms with E-state index in [4.69, 9.17) is 33.7 Å². The van der Waals surface area contributed by atoms with Crippen LogP contribution in [0.15, 0.2) is 21.5 Å². The van der Waals surface area contributed by atoms with Crippen molar-refractivity contribution in [3.63, 3.8) is 0 Å². The molecule has 0 fully saturated rings. The molecule has 0 aliphatic heterocycles. The van der Waals surface area contributed by atoms with E-state index in [1.54, 1.807) is 0 Å². The lowest BCUT2D eigenvalue weighted by molar-refractivity contribution is -0.122. The minimum absolute atomic E-state index is 0.00470. The number of halogens is 3. The third-order valence-corrected chi connectivity index (χ3v) is 4.85. The Bertz CT molecular complexity index is 586. The molecule has 112 valence electrons. The Morgan fingerprint density at radius 2 is 1.90 bits per heavy atom. The molecular formula is C10H11BrCl2N2O4S. The number of benzene rings is 1. The topological polar surface area (TPSA) is 98.5 Å². The molecule has 0 aliphatic carbocycles. The molecule has 1 rings (SSSR count). The lowest BCUT2D eigenvalue weighted by atomic mass is 10.4. The summed E-state index contributed by atoms with van der Waals surface area (Å²) in [6.07, 6.45) is 0. The summed E-state index contributed by atoms with van der Waals surface area (Å²) in [5.74, 6) is -0.633. The van der Waals surface area contributed by atoms with E-state index in [2.05, 4.69) is 20.7 Å². The van der Waals surface area contributed by atoms with Gasteiger partial charge in [-0.1, -0.05) is 39.1 Å². The number of carbonyl (C=O) groups is 1. The van der Waals surface area contributed by atoms with E-state index in [0.717, 1.165) is 0 Å². The second-order valence-corrected chi connectivity index (χ2v) is 7.05. The number of hydrogen-bond donors (Lipinski definition) is 2. The van der Waals surface area contributed by atoms with Crippen LogP contribution in [0.5, 0.6) is 0 Å². The first kappa shape index (κ1) is 17.7. The average Bonchev–Trinajstić information content (AvgIpc) is 2.25. The molecule has 0 atom stereocenters. The number of primary amides is 1. The van der Waals surface area contributed by atoms with Gasteiger partial charge in [0.25, 0.3) is 0 Å². The molecule has 10 heteroatoms. The van der Waals surface area contributed by atoms with Crippen LogP contribution in [-0.4, -0.2) is 34.1 Å². The van der Waals surface area contributed by atoms with Crippen molar-refractivity contribution in [1.29, 1.82) is 0 Å². The third-order valence-electron chi connectivity index (χ3n) is 2.01. The van der Waals surface area contributed by atoms with Gasteiger partial charge in [-0.25, -0.2) is 13.1 Å². The lowest BCUT2D eigenvalue weighted by Crippen LogP contribution is -2.29. The van der Waals surface area contributed by atoms with Gasteiger partial charge < -0.3 is 10.5 Å². The van der Waals surface area contributed by atoms with Crippen molar-refractivity contribution in [2.45, 2.75) is 4.90 Å². The van der Waals surface area contributed by atoms with Crippen LogP contribution in [0.3, 0.4) is 0 Å². The van der Waals surface area contributed by atoms with Crippen LogP contribution < -0.4 is 10.5 Å². The first-order valence-electron chi connectivity index (χ1n) is 5.24. The highest BCUT2D eigenvalue weighted by Crippen LogP contribution is 2.32. The van der Waals surface area contributed by atoms with Crippen LogP contribution in [0.1, 0.15) is 0 Å². The second-order valence-electron chi connectivity index (χ2n) is 3.62. The van der Waals surface area contributed by atoms with Gasteiger partial charge in [0.15, 0.2) is 0 Å². The SMILES string of the molecule is NC(=O)COCCNS(=O)(=O)c1c(Cl)cc(Br)cc1Cl. The number of sulfonamides is 1. The maximum atomic E-state index is 12.0. The van der Waals surface area contributed by atoms with E-state index in [9.17, 15) is 13.2 Å². The van der Waals surface area contributed by atoms with E-state index in [-0.39, 0.29) is 34.7 Å². The Kier molecular flexibility index (Phi) is 6.70. The predicted molar refractivity (Wildman–Crippen MR) is 79.4 cm³/mol. The largest absolute Gasteiger partial charge is 0.370 e. The van der Waals surface area contributed by atoms with Crippen molar-refractivity contribution in [1.82, 2.24) is 4.72 Å². The van der Waals surface area contributed by atoms with Gasteiger partial charge in [-0.2, -0.15) is 0 Å². The van der Waals surface area contributed by atoms with Crippen LogP contribution in [0.25, 0.3) is 0 Å². The van der Waals surface area contributed by atoms with Gasteiger partial charge in [0, 0.05) is 11.0 Å². The van der Waals surface area contributed by atoms with Gasteiger partial charge in [-0.05, 0) is 12.1 Å². The molecule has 0 unspecified atom stereocenters. The molecule has 0 spiro atoms. The number of ether oxygens (including phenoxy) is 1. The van der Waals surface area contributed by atoms with Crippen LogP contribution in [0.2, 0.25) is 10.0 Å². The molecule has 1 amide bonds. The molecule has 0 aliphatic rings. The van der Waals surface area contributed by atoms with Crippen molar-refractivity contribution in [3.05, 3.63) is 26.7 Å². The summed E-state index contributed by atoms with van der Waals surface area (Å²) >= 11 is 14.9. The second kappa shape index (κ2) is 7.58. The highest BCUT2D eigenvalue weighted by Gasteiger charge is 2.21. The maximum absolute atomic E-state index is 12.0. The van der Waals surface area contributed by atoms with Crippen LogP contribution in [0, 0.1) is 0 Å². The summed E-state index contributed by atoms with van der Waals surface area (Å²) in [5.41, 5.74) is 4.86. The van der Waals surface area contributed by atoms with Crippen LogP contribution >= 0.6 is 39.1 Å². The molecule has 0 radical (unpaired) electrons. The molecule has 20 heavy (non-hydrogen) atoms. The monoisotopic (exact) mass is 404 g/mol. The van der Waals surface area contributed by atoms with E-state index in [0.29, 0.717) is 4.47 Å². The Morgan fingerprint density at radius 1 is 1.35 bits per heavy atom. The Morgan fingerprint density at radius 3 is 2.40 bits per heavy atom. The van der Waals surface area contributed by atoms with Crippen LogP contribution in [-0.2, 0) is 19.6 Å². The predicted octanol–water partition coefficient (Wildman–Crippen LogP) is 1.54. The summed E-state index contributed by atoms with van der Waals surface area (Å²) in [6.45, 7) is -0.326. The maximum Gasteiger partial charge on any atom is 0.243 e. The van der Waals surface area contributed by atoms with E-state index < -0.39 is 15.9 Å². The van der Waals surface area contributed by atoms with Gasteiger partial charge in [0.1, 0.15) is 11.5 Å². The summed E-state index contributed by atoms with van der Waals surface area (Å²) in [4.78, 5) is 10.2. The molecule has 3 N–H and O–H groups in total. The summed E-state index contributed by atoms with van der Waals surface area (Å²) in [7, 11) is -3.87. The molecular weight excluding hydrogens is 395 g/mol. The molecule has 1 aromatic carbocycles. The van der Waals surface area contributed by atoms with Crippen molar-refractivity contribution >= 4 is 55.1 Å². The van der Waals surface area contributed by atoms with E-state index in [1.807, 2.05) is 0 Å². The number of nitrogens with one attached hydrogen (secondary N) is 1. The van der Waals surface area contributed by atoms with Crippen molar-refractivity contribution in [2.24, 2.45) is 5.73 Å². The van der Waals surface area contributed by atoms with E-state index >= 15 is 0 Å². The minimum atomic E-state index is -3.87. The highest BCUT2D eigenvalue weighted by molar-refractivity contribution is 9.10. The zero-order valence-corrected chi connectivity index (χ0v) is 13.9. The quantitative estimate of drug-likeness (QED) is 0.672. The highest BCUT2D eigenvalue weighted by atomic mass is 79.9. The molecule has 0 saturated carbocycles. The van der Waals surface area contributed by atoms with Crippen molar-refractivity contribution in [2.75, 3.05) is 19.8 Å². The molecule has 0 bridgehead atoms. The lowest BCUT2D eigenvalue weighted by Gasteiger charge is -2.10. The number of rotatable bonds is 7. The minimum Gasteiger partial charge on any atom is -0.370 e. The van der Waals surface area contributed by atoms with E-state index in [1.165, 1.54) is 12.1 Å². The smallest absolute Gasteiger partial charge is 0.243 e. The van der Waals surface area contributed by atoms with Crippen molar-refractivity contribution < 1.29 is 17.9 Å². The summed E-state index contributed by atoms with van der Waals surface area (Å²) < 4.78 is 31.7. The average molecular weight is 406 g/mol. The molecule has 0 heterocycles. The zero-order valence-electron chi connectivity index (χ0n) is 10.0. The number of carbonyl (C=O) groups excluding carboxylic acids is 1. The van der Waals surface area contributed by atoms with Crippen LogP contribution in [0.4, 0.5) is 0 Å². The summed E-state index contributed by atoms with van der Waals surface area (Å²) in [5, 5.41) is -0.00939. The van der Waals surface area contributed by atoms with Gasteiger partial charge in [-0.3, -0.25) is 4.79 Å². The Balaban J connectivity index is 2.73. The molecule has 6 nitrogen and oxygen atoms in total. The fourth-order valence-corrected chi connectivity index (χ4v) is 4.22. The van der Waals surface area contributed by atoms with Gasteiger partial charge in [-0.15, -0.1) is 0 Å². The summed E-state index contributed by atoms with van der Waals surface area (Å²) in [6, 6.07) is 2.84. The number of amides is 1. The van der Waals surface area contributed by atoms with Gasteiger partial charge >= 0.3 is 0 Å². The fraction of sp³-hybridized carbons (Fsp3) is 0.300. The Labute approximate surface area is 134 Å². The standard InChI is InChI=1S/C10H11BrCl2N2O4S/c11-6-3-7(12)10(8(13)4-6)20(17,18)15-1-2-19-5-9(14)16/h3-4,15H,1-2,5H2,(H2,14,16). The first-order chi connectivity index (χ1) is 9.24. The Hall–Kier alpha value is -0.380. The van der Waals surface area contributed by atoms with Gasteiger partial charge in [0.05, 0.1) is 16.7 Å². The number of nitrogens with two attached hydrogens (primary N) is 1. The first-order valence-corrected chi connectivity index (χ1v) is 8.27. The molecule has 0 saturated heterocycles. The van der Waals surface area contributed by atoms with Gasteiger partial charge in [0.2, 0.25) is 15.9 Å². The zero-order chi connectivity index (χ0) is 15.3. The van der Waals surface area contributed by atoms with Crippen molar-refractivity contribution in [3.8, 4) is 0 Å². The third kappa shape index (κ3) is 5.19. The fourth-order valence-electron chi connectivity index (χ4n) is 1.28. The molecule has 1 aromatic rings. The molecule has 0 aromatic heterocycles. The normalized spacial score (nSPS) is 11.6.